The maximum atomic E-state index is 11.8. The van der Waals surface area contributed by atoms with Crippen molar-refractivity contribution in [1.29, 1.82) is 0 Å². The summed E-state index contributed by atoms with van der Waals surface area (Å²) in [4.78, 5) is 24.1. The second-order valence-electron chi connectivity index (χ2n) is 4.56. The van der Waals surface area contributed by atoms with Crippen molar-refractivity contribution in [3.05, 3.63) is 0 Å². The summed E-state index contributed by atoms with van der Waals surface area (Å²) in [5.74, 6) is -0.127. The van der Waals surface area contributed by atoms with Gasteiger partial charge in [0.15, 0.2) is 7.98 Å². The molecule has 86 valence electrons. The maximum Gasteiger partial charge on any atom is 0.312 e. The summed E-state index contributed by atoms with van der Waals surface area (Å²) in [6, 6.07) is 0. The minimum Gasteiger partial charge on any atom is -0.461 e. The van der Waals surface area contributed by atoms with E-state index in [1.165, 1.54) is 0 Å². The Kier molecular flexibility index (Phi) is 3.19. The lowest BCUT2D eigenvalue weighted by Crippen LogP contribution is -2.41. The first-order valence-corrected chi connectivity index (χ1v) is 5.54. The number of likely N-dealkylation sites (tertiary alicyclic amines) is 1. The molecule has 1 atom stereocenters. The lowest BCUT2D eigenvalue weighted by molar-refractivity contribution is -0.151. The van der Waals surface area contributed by atoms with Crippen molar-refractivity contribution in [2.45, 2.75) is 25.4 Å². The Balaban J connectivity index is 1.98. The van der Waals surface area contributed by atoms with Crippen LogP contribution in [0.15, 0.2) is 0 Å². The van der Waals surface area contributed by atoms with Gasteiger partial charge in [0.1, 0.15) is 6.10 Å². The van der Waals surface area contributed by atoms with Crippen LogP contribution in [0, 0.1) is 5.41 Å². The summed E-state index contributed by atoms with van der Waals surface area (Å²) in [6.07, 6.45) is 2.83. The fourth-order valence-corrected chi connectivity index (χ4v) is 2.55. The van der Waals surface area contributed by atoms with Crippen molar-refractivity contribution in [3.63, 3.8) is 0 Å². The highest BCUT2D eigenvalue weighted by molar-refractivity contribution is 6.04. The molecule has 0 aromatic carbocycles. The Morgan fingerprint density at radius 2 is 2.25 bits per heavy atom. The minimum absolute atomic E-state index is 0.125. The number of cyclic esters (lactones) is 1. The van der Waals surface area contributed by atoms with Crippen LogP contribution in [0.2, 0.25) is 0 Å². The summed E-state index contributed by atoms with van der Waals surface area (Å²) in [5, 5.41) is 2.53. The molecule has 0 saturated carbocycles. The third-order valence-electron chi connectivity index (χ3n) is 3.57. The molecule has 5 nitrogen and oxygen atoms in total. The first-order valence-electron chi connectivity index (χ1n) is 5.54. The predicted octanol–water partition coefficient (Wildman–Crippen LogP) is -0.786. The summed E-state index contributed by atoms with van der Waals surface area (Å²) in [6.45, 7) is 1.77. The number of hydrogen-bond acceptors (Lipinski definition) is 4. The highest BCUT2D eigenvalue weighted by Gasteiger charge is 2.49. The lowest BCUT2D eigenvalue weighted by Gasteiger charge is -2.34. The van der Waals surface area contributed by atoms with E-state index in [0.717, 1.165) is 6.41 Å². The van der Waals surface area contributed by atoms with Gasteiger partial charge in [0.2, 0.25) is 6.41 Å². The first-order chi connectivity index (χ1) is 7.70. The van der Waals surface area contributed by atoms with E-state index in [1.54, 1.807) is 4.90 Å². The molecule has 2 saturated heterocycles. The van der Waals surface area contributed by atoms with Crippen molar-refractivity contribution in [1.82, 2.24) is 10.1 Å². The Labute approximate surface area is 95.9 Å². The van der Waals surface area contributed by atoms with Crippen LogP contribution in [0.3, 0.4) is 0 Å². The number of carbonyl (C=O) groups excluding carboxylic acids is 2. The third kappa shape index (κ3) is 1.94. The van der Waals surface area contributed by atoms with E-state index in [1.807, 2.05) is 0 Å². The largest absolute Gasteiger partial charge is 0.461 e. The molecule has 1 unspecified atom stereocenters. The van der Waals surface area contributed by atoms with Crippen molar-refractivity contribution in [2.24, 2.45) is 5.41 Å². The van der Waals surface area contributed by atoms with Crippen LogP contribution >= 0.6 is 0 Å². The number of ether oxygens (including phenoxy) is 1. The Morgan fingerprint density at radius 1 is 1.56 bits per heavy atom. The number of nitrogens with zero attached hydrogens (tertiary/aromatic N) is 1. The fourth-order valence-electron chi connectivity index (χ4n) is 2.55. The van der Waals surface area contributed by atoms with Crippen molar-refractivity contribution in [3.8, 4) is 0 Å². The number of piperidine rings is 1. The smallest absolute Gasteiger partial charge is 0.312 e. The van der Waals surface area contributed by atoms with E-state index < -0.39 is 0 Å². The van der Waals surface area contributed by atoms with Crippen molar-refractivity contribution < 1.29 is 14.3 Å². The number of rotatable bonds is 3. The predicted molar refractivity (Wildman–Crippen MR) is 57.6 cm³/mol. The zero-order valence-corrected chi connectivity index (χ0v) is 9.15. The van der Waals surface area contributed by atoms with Crippen LogP contribution in [-0.2, 0) is 14.3 Å². The van der Waals surface area contributed by atoms with Gasteiger partial charge < -0.3 is 14.9 Å². The van der Waals surface area contributed by atoms with E-state index in [-0.39, 0.29) is 17.5 Å². The summed E-state index contributed by atoms with van der Waals surface area (Å²) in [5.41, 5.74) is -0.374. The molecule has 2 radical (unpaired) electrons. The molecule has 1 N–H and O–H groups in total. The molecule has 1 amide bonds. The second kappa shape index (κ2) is 4.45. The molecule has 2 aliphatic rings. The molecule has 2 heterocycles. The van der Waals surface area contributed by atoms with Crippen LogP contribution < -0.4 is 5.23 Å². The molecule has 2 fully saturated rings. The SMILES string of the molecule is [B]NCC1CC2(CCN(C=O)CC2)C(=O)O1. The minimum atomic E-state index is -0.374. The van der Waals surface area contributed by atoms with Crippen LogP contribution in [0.4, 0.5) is 0 Å². The number of amides is 1. The van der Waals surface area contributed by atoms with Gasteiger partial charge >= 0.3 is 5.97 Å². The standard InChI is InChI=1S/C10H15BN2O3/c11-12-6-8-5-10(9(15)16-8)1-3-13(7-14)4-2-10/h7-8,12H,1-6H2. The molecule has 1 spiro atoms. The van der Waals surface area contributed by atoms with Gasteiger partial charge in [0, 0.05) is 26.1 Å². The topological polar surface area (TPSA) is 58.6 Å². The molecule has 2 aliphatic heterocycles. The van der Waals surface area contributed by atoms with Crippen LogP contribution in [0.5, 0.6) is 0 Å². The van der Waals surface area contributed by atoms with Gasteiger partial charge in [-0.05, 0) is 12.8 Å². The quantitative estimate of drug-likeness (QED) is 0.386. The van der Waals surface area contributed by atoms with Crippen LogP contribution in [0.1, 0.15) is 19.3 Å². The summed E-state index contributed by atoms with van der Waals surface area (Å²) >= 11 is 0. The maximum absolute atomic E-state index is 11.8. The molecule has 0 aromatic heterocycles. The Hall–Kier alpha value is -1.04. The second-order valence-corrected chi connectivity index (χ2v) is 4.56. The van der Waals surface area contributed by atoms with E-state index in [4.69, 9.17) is 12.7 Å². The Bertz CT molecular complexity index is 290. The van der Waals surface area contributed by atoms with Crippen molar-refractivity contribution in [2.75, 3.05) is 19.6 Å². The van der Waals surface area contributed by atoms with Gasteiger partial charge in [-0.1, -0.05) is 0 Å². The molecule has 0 aromatic rings. The van der Waals surface area contributed by atoms with E-state index >= 15 is 0 Å². The first kappa shape index (κ1) is 11.5. The van der Waals surface area contributed by atoms with Gasteiger partial charge in [-0.3, -0.25) is 9.59 Å². The van der Waals surface area contributed by atoms with E-state index in [0.29, 0.717) is 38.9 Å². The van der Waals surface area contributed by atoms with Gasteiger partial charge in [-0.2, -0.15) is 0 Å². The summed E-state index contributed by atoms with van der Waals surface area (Å²) < 4.78 is 5.28. The van der Waals surface area contributed by atoms with Gasteiger partial charge in [-0.25, -0.2) is 0 Å². The van der Waals surface area contributed by atoms with Gasteiger partial charge in [-0.15, -0.1) is 0 Å². The van der Waals surface area contributed by atoms with Gasteiger partial charge in [0.05, 0.1) is 5.41 Å². The molecule has 0 bridgehead atoms. The normalized spacial score (nSPS) is 28.1. The third-order valence-corrected chi connectivity index (χ3v) is 3.57. The average Bonchev–Trinajstić information content (AvgIpc) is 2.57. The number of carbonyl (C=O) groups is 2. The molecule has 16 heavy (non-hydrogen) atoms. The molecular weight excluding hydrogens is 207 g/mol. The van der Waals surface area contributed by atoms with Crippen LogP contribution in [0.25, 0.3) is 0 Å². The molecule has 0 aliphatic carbocycles. The van der Waals surface area contributed by atoms with Crippen LogP contribution in [-0.4, -0.2) is 51.0 Å². The molecule has 6 heteroatoms. The average molecular weight is 222 g/mol. The number of hydrogen-bond donors (Lipinski definition) is 1. The van der Waals surface area contributed by atoms with E-state index in [9.17, 15) is 9.59 Å². The Morgan fingerprint density at radius 3 is 2.81 bits per heavy atom. The number of esters is 1. The van der Waals surface area contributed by atoms with Crippen molar-refractivity contribution >= 4 is 20.4 Å². The molecule has 2 rings (SSSR count). The monoisotopic (exact) mass is 222 g/mol. The summed E-state index contributed by atoms with van der Waals surface area (Å²) in [7, 11) is 5.22. The zero-order valence-electron chi connectivity index (χ0n) is 9.15. The fraction of sp³-hybridized carbons (Fsp3) is 0.800. The number of nitrogens with one attached hydrogen (secondary N) is 1. The lowest BCUT2D eigenvalue weighted by atomic mass is 9.76. The zero-order chi connectivity index (χ0) is 11.6. The van der Waals surface area contributed by atoms with Gasteiger partial charge in [0.25, 0.3) is 0 Å². The highest BCUT2D eigenvalue weighted by atomic mass is 16.6. The molecular formula is C10H15BN2O3. The van der Waals surface area contributed by atoms with E-state index in [2.05, 4.69) is 5.23 Å². The highest BCUT2D eigenvalue weighted by Crippen LogP contribution is 2.42.